The summed E-state index contributed by atoms with van der Waals surface area (Å²) in [6.07, 6.45) is 0. The molecule has 0 aliphatic carbocycles. The zero-order valence-corrected chi connectivity index (χ0v) is 12.8. The number of sulfonamides is 1. The largest absolute Gasteiger partial charge is 0.436 e. The number of benzene rings is 2. The summed E-state index contributed by atoms with van der Waals surface area (Å²) in [4.78, 5) is 4.35. The number of nitrogens with zero attached hydrogens (tertiary/aromatic N) is 1. The van der Waals surface area contributed by atoms with E-state index in [1.54, 1.807) is 30.3 Å². The molecule has 0 radical (unpaired) electrons. The quantitative estimate of drug-likeness (QED) is 0.779. The maximum Gasteiger partial charge on any atom is 0.233 e. The van der Waals surface area contributed by atoms with Gasteiger partial charge in [0.15, 0.2) is 5.58 Å². The van der Waals surface area contributed by atoms with Gasteiger partial charge in [0.1, 0.15) is 11.3 Å². The van der Waals surface area contributed by atoms with Crippen LogP contribution in [0.15, 0.2) is 58.9 Å². The van der Waals surface area contributed by atoms with Crippen LogP contribution in [-0.4, -0.2) is 13.4 Å². The van der Waals surface area contributed by atoms with Gasteiger partial charge in [0.05, 0.1) is 0 Å². The number of hydrogen-bond donors (Lipinski definition) is 1. The van der Waals surface area contributed by atoms with E-state index in [-0.39, 0.29) is 12.4 Å². The lowest BCUT2D eigenvalue weighted by Gasteiger charge is -2.02. The molecule has 0 bridgehead atoms. The second-order valence-electron chi connectivity index (χ2n) is 4.86. The Morgan fingerprint density at radius 2 is 1.96 bits per heavy atom. The van der Waals surface area contributed by atoms with Gasteiger partial charge in [0.25, 0.3) is 0 Å². The Morgan fingerprint density at radius 1 is 1.22 bits per heavy atom. The van der Waals surface area contributed by atoms with Crippen LogP contribution in [0.1, 0.15) is 5.56 Å². The van der Waals surface area contributed by atoms with Crippen molar-refractivity contribution >= 4 is 21.1 Å². The summed E-state index contributed by atoms with van der Waals surface area (Å²) in [6, 6.07) is 11.0. The van der Waals surface area contributed by atoms with Crippen molar-refractivity contribution in [1.82, 2.24) is 9.71 Å². The highest BCUT2D eigenvalue weighted by atomic mass is 32.2. The van der Waals surface area contributed by atoms with Gasteiger partial charge < -0.3 is 4.42 Å². The van der Waals surface area contributed by atoms with Gasteiger partial charge in [-0.2, -0.15) is 0 Å². The molecular formula is C16H13FN2O3S. The molecule has 3 aromatic rings. The number of rotatable bonds is 5. The van der Waals surface area contributed by atoms with Gasteiger partial charge in [0, 0.05) is 17.5 Å². The van der Waals surface area contributed by atoms with Gasteiger partial charge in [-0.1, -0.05) is 12.6 Å². The molecule has 0 saturated carbocycles. The van der Waals surface area contributed by atoms with Gasteiger partial charge in [0.2, 0.25) is 15.9 Å². The molecule has 2 aromatic carbocycles. The molecular weight excluding hydrogens is 319 g/mol. The number of nitrogens with one attached hydrogen (secondary N) is 1. The van der Waals surface area contributed by atoms with E-state index in [0.717, 1.165) is 11.0 Å². The van der Waals surface area contributed by atoms with Crippen molar-refractivity contribution in [3.8, 4) is 11.5 Å². The molecule has 3 rings (SSSR count). The fourth-order valence-electron chi connectivity index (χ4n) is 2.04. The fraction of sp³-hybridized carbons (Fsp3) is 0.0625. The topological polar surface area (TPSA) is 72.2 Å². The predicted molar refractivity (Wildman–Crippen MR) is 85.4 cm³/mol. The van der Waals surface area contributed by atoms with E-state index >= 15 is 0 Å². The van der Waals surface area contributed by atoms with Crippen LogP contribution in [-0.2, 0) is 16.6 Å². The Bertz CT molecular complexity index is 963. The Morgan fingerprint density at radius 3 is 2.65 bits per heavy atom. The fourth-order valence-corrected chi connectivity index (χ4v) is 2.53. The van der Waals surface area contributed by atoms with Gasteiger partial charge in [-0.15, -0.1) is 0 Å². The van der Waals surface area contributed by atoms with Crippen LogP contribution in [0.4, 0.5) is 4.39 Å². The van der Waals surface area contributed by atoms with Crippen LogP contribution in [0, 0.1) is 5.82 Å². The highest BCUT2D eigenvalue weighted by Crippen LogP contribution is 2.25. The third kappa shape index (κ3) is 3.46. The van der Waals surface area contributed by atoms with Crippen molar-refractivity contribution in [2.75, 3.05) is 0 Å². The van der Waals surface area contributed by atoms with E-state index in [0.29, 0.717) is 22.6 Å². The van der Waals surface area contributed by atoms with Gasteiger partial charge in [-0.25, -0.2) is 22.5 Å². The minimum Gasteiger partial charge on any atom is -0.436 e. The molecule has 1 heterocycles. The zero-order valence-electron chi connectivity index (χ0n) is 12.0. The van der Waals surface area contributed by atoms with Crippen LogP contribution in [0.3, 0.4) is 0 Å². The third-order valence-corrected chi connectivity index (χ3v) is 4.23. The van der Waals surface area contributed by atoms with E-state index < -0.39 is 10.0 Å². The molecule has 1 N–H and O–H groups in total. The molecule has 0 spiro atoms. The first-order chi connectivity index (χ1) is 11.0. The molecule has 0 aliphatic heterocycles. The van der Waals surface area contributed by atoms with Gasteiger partial charge >= 0.3 is 0 Å². The van der Waals surface area contributed by atoms with E-state index in [9.17, 15) is 12.8 Å². The van der Waals surface area contributed by atoms with Crippen molar-refractivity contribution in [2.24, 2.45) is 0 Å². The average Bonchev–Trinajstić information content (AvgIpc) is 2.97. The second kappa shape index (κ2) is 5.94. The minimum atomic E-state index is -3.48. The Labute approximate surface area is 132 Å². The SMILES string of the molecule is C=CS(=O)(=O)NCc1ccc2oc(-c3ccc(F)cc3)nc2c1. The summed E-state index contributed by atoms with van der Waals surface area (Å²) >= 11 is 0. The number of hydrogen-bond acceptors (Lipinski definition) is 4. The van der Waals surface area contributed by atoms with Crippen molar-refractivity contribution in [2.45, 2.75) is 6.54 Å². The molecule has 0 atom stereocenters. The lowest BCUT2D eigenvalue weighted by molar-refractivity contribution is 0.590. The second-order valence-corrected chi connectivity index (χ2v) is 6.57. The molecule has 5 nitrogen and oxygen atoms in total. The zero-order chi connectivity index (χ0) is 16.4. The molecule has 23 heavy (non-hydrogen) atoms. The lowest BCUT2D eigenvalue weighted by Crippen LogP contribution is -2.20. The molecule has 0 unspecified atom stereocenters. The normalized spacial score (nSPS) is 11.7. The average molecular weight is 332 g/mol. The first kappa shape index (κ1) is 15.4. The van der Waals surface area contributed by atoms with Crippen molar-refractivity contribution in [3.05, 3.63) is 65.8 Å². The standard InChI is InChI=1S/C16H13FN2O3S/c1-2-23(20,21)18-10-11-3-8-15-14(9-11)19-16(22-15)12-4-6-13(17)7-5-12/h2-9,18H,1,10H2. The molecule has 1 aromatic heterocycles. The molecule has 118 valence electrons. The summed E-state index contributed by atoms with van der Waals surface area (Å²) in [5.41, 5.74) is 2.57. The number of fused-ring (bicyclic) bond motifs is 1. The maximum absolute atomic E-state index is 13.0. The smallest absolute Gasteiger partial charge is 0.233 e. The Kier molecular flexibility index (Phi) is 3.97. The summed E-state index contributed by atoms with van der Waals surface area (Å²) in [5.74, 6) is 0.0467. The molecule has 0 fully saturated rings. The van der Waals surface area contributed by atoms with Crippen LogP contribution in [0.5, 0.6) is 0 Å². The summed E-state index contributed by atoms with van der Waals surface area (Å²) in [6.45, 7) is 3.36. The van der Waals surface area contributed by atoms with E-state index in [1.807, 2.05) is 0 Å². The van der Waals surface area contributed by atoms with E-state index in [4.69, 9.17) is 4.42 Å². The lowest BCUT2D eigenvalue weighted by atomic mass is 10.2. The van der Waals surface area contributed by atoms with Crippen molar-refractivity contribution < 1.29 is 17.2 Å². The van der Waals surface area contributed by atoms with Crippen molar-refractivity contribution in [3.63, 3.8) is 0 Å². The van der Waals surface area contributed by atoms with Crippen LogP contribution in [0.25, 0.3) is 22.6 Å². The highest BCUT2D eigenvalue weighted by Gasteiger charge is 2.10. The molecule has 0 saturated heterocycles. The van der Waals surface area contributed by atoms with Crippen LogP contribution in [0.2, 0.25) is 0 Å². The number of oxazole rings is 1. The van der Waals surface area contributed by atoms with E-state index in [2.05, 4.69) is 16.3 Å². The number of halogens is 1. The maximum atomic E-state index is 13.0. The first-order valence-electron chi connectivity index (χ1n) is 6.74. The predicted octanol–water partition coefficient (Wildman–Crippen LogP) is 3.20. The summed E-state index contributed by atoms with van der Waals surface area (Å²) < 4.78 is 43.7. The third-order valence-electron chi connectivity index (χ3n) is 3.24. The number of aromatic nitrogens is 1. The molecule has 7 heteroatoms. The molecule has 0 aliphatic rings. The highest BCUT2D eigenvalue weighted by molar-refractivity contribution is 7.92. The summed E-state index contributed by atoms with van der Waals surface area (Å²) in [5, 5.41) is 0.855. The Hall–Kier alpha value is -2.51. The monoisotopic (exact) mass is 332 g/mol. The summed E-state index contributed by atoms with van der Waals surface area (Å²) in [7, 11) is -3.48. The van der Waals surface area contributed by atoms with Gasteiger partial charge in [-0.3, -0.25) is 0 Å². The molecule has 0 amide bonds. The van der Waals surface area contributed by atoms with Crippen LogP contribution < -0.4 is 4.72 Å². The van der Waals surface area contributed by atoms with Gasteiger partial charge in [-0.05, 0) is 42.0 Å². The van der Waals surface area contributed by atoms with Crippen LogP contribution >= 0.6 is 0 Å². The van der Waals surface area contributed by atoms with Crippen molar-refractivity contribution in [1.29, 1.82) is 0 Å². The Balaban J connectivity index is 1.89. The van der Waals surface area contributed by atoms with E-state index in [1.165, 1.54) is 12.1 Å². The first-order valence-corrected chi connectivity index (χ1v) is 8.29. The minimum absolute atomic E-state index is 0.128.